The van der Waals surface area contributed by atoms with E-state index in [4.69, 9.17) is 0 Å². The highest BCUT2D eigenvalue weighted by molar-refractivity contribution is 5.94. The van der Waals surface area contributed by atoms with Gasteiger partial charge >= 0.3 is 0 Å². The summed E-state index contributed by atoms with van der Waals surface area (Å²) in [5, 5.41) is 2.98. The fourth-order valence-corrected chi connectivity index (χ4v) is 3.08. The predicted molar refractivity (Wildman–Crippen MR) is 111 cm³/mol. The van der Waals surface area contributed by atoms with Gasteiger partial charge in [-0.05, 0) is 47.9 Å². The van der Waals surface area contributed by atoms with Gasteiger partial charge in [0, 0.05) is 24.0 Å². The fourth-order valence-electron chi connectivity index (χ4n) is 3.08. The lowest BCUT2D eigenvalue weighted by Crippen LogP contribution is -2.22. The molecule has 1 amide bonds. The molecule has 0 radical (unpaired) electrons. The lowest BCUT2D eigenvalue weighted by molar-refractivity contribution is 0.0951. The van der Waals surface area contributed by atoms with E-state index in [2.05, 4.69) is 22.4 Å². The summed E-state index contributed by atoms with van der Waals surface area (Å²) < 4.78 is 1.98. The number of aryl methyl sites for hydroxylation is 1. The first-order valence-corrected chi connectivity index (χ1v) is 9.23. The molecule has 28 heavy (non-hydrogen) atoms. The third kappa shape index (κ3) is 4.01. The summed E-state index contributed by atoms with van der Waals surface area (Å²) in [5.74, 6) is -0.0751. The molecule has 0 atom stereocenters. The molecular formula is C24H21N3O. The number of benzene rings is 3. The van der Waals surface area contributed by atoms with E-state index in [1.807, 2.05) is 84.4 Å². The highest BCUT2D eigenvalue weighted by Gasteiger charge is 2.06. The number of carbonyl (C=O) groups excluding carboxylic acids is 1. The van der Waals surface area contributed by atoms with E-state index in [9.17, 15) is 4.79 Å². The molecular weight excluding hydrogens is 346 g/mol. The Morgan fingerprint density at radius 2 is 1.57 bits per heavy atom. The fraction of sp³-hybridized carbons (Fsp3) is 0.0833. The summed E-state index contributed by atoms with van der Waals surface area (Å²) in [4.78, 5) is 16.7. The van der Waals surface area contributed by atoms with Crippen LogP contribution in [0.1, 0.15) is 21.6 Å². The highest BCUT2D eigenvalue weighted by atomic mass is 16.1. The van der Waals surface area contributed by atoms with Crippen LogP contribution in [-0.4, -0.2) is 15.5 Å². The lowest BCUT2D eigenvalue weighted by atomic mass is 10.0. The Morgan fingerprint density at radius 3 is 2.21 bits per heavy atom. The average molecular weight is 367 g/mol. The van der Waals surface area contributed by atoms with Gasteiger partial charge in [0.1, 0.15) is 0 Å². The number of hydrogen-bond donors (Lipinski definition) is 1. The van der Waals surface area contributed by atoms with Crippen molar-refractivity contribution >= 4 is 5.91 Å². The average Bonchev–Trinajstić information content (AvgIpc) is 3.19. The van der Waals surface area contributed by atoms with Gasteiger partial charge in [-0.25, -0.2) is 4.98 Å². The first-order valence-electron chi connectivity index (χ1n) is 9.23. The van der Waals surface area contributed by atoms with Crippen LogP contribution >= 0.6 is 0 Å². The SMILES string of the molecule is Cc1cn(-c2ccc(CNC(=O)c3ccc(-c4ccccc4)cc3)cc2)cn1. The molecule has 1 aromatic heterocycles. The Kier molecular flexibility index (Phi) is 5.02. The minimum atomic E-state index is -0.0751. The number of amides is 1. The van der Waals surface area contributed by atoms with Crippen molar-refractivity contribution in [2.45, 2.75) is 13.5 Å². The van der Waals surface area contributed by atoms with Crippen molar-refractivity contribution in [2.24, 2.45) is 0 Å². The van der Waals surface area contributed by atoms with Gasteiger partial charge < -0.3 is 9.88 Å². The third-order valence-electron chi connectivity index (χ3n) is 4.65. The number of aromatic nitrogens is 2. The van der Waals surface area contributed by atoms with Crippen LogP contribution < -0.4 is 5.32 Å². The highest BCUT2D eigenvalue weighted by Crippen LogP contribution is 2.19. The first kappa shape index (κ1) is 17.7. The van der Waals surface area contributed by atoms with Crippen molar-refractivity contribution < 1.29 is 4.79 Å². The van der Waals surface area contributed by atoms with Gasteiger partial charge in [-0.15, -0.1) is 0 Å². The molecule has 4 nitrogen and oxygen atoms in total. The van der Waals surface area contributed by atoms with E-state index in [0.29, 0.717) is 12.1 Å². The van der Waals surface area contributed by atoms with E-state index in [1.54, 1.807) is 6.33 Å². The second-order valence-electron chi connectivity index (χ2n) is 6.71. The molecule has 1 N–H and O–H groups in total. The Labute approximate surface area is 164 Å². The molecule has 3 aromatic carbocycles. The van der Waals surface area contributed by atoms with Crippen LogP contribution in [0.5, 0.6) is 0 Å². The quantitative estimate of drug-likeness (QED) is 0.552. The third-order valence-corrected chi connectivity index (χ3v) is 4.65. The maximum atomic E-state index is 12.4. The van der Waals surface area contributed by atoms with E-state index in [-0.39, 0.29) is 5.91 Å². The van der Waals surface area contributed by atoms with Crippen molar-refractivity contribution in [3.63, 3.8) is 0 Å². The van der Waals surface area contributed by atoms with Crippen molar-refractivity contribution in [3.05, 3.63) is 108 Å². The zero-order valence-corrected chi connectivity index (χ0v) is 15.7. The molecule has 0 saturated heterocycles. The normalized spacial score (nSPS) is 10.6. The lowest BCUT2D eigenvalue weighted by Gasteiger charge is -2.08. The van der Waals surface area contributed by atoms with Crippen molar-refractivity contribution in [1.82, 2.24) is 14.9 Å². The topological polar surface area (TPSA) is 46.9 Å². The number of rotatable bonds is 5. The zero-order valence-electron chi connectivity index (χ0n) is 15.7. The molecule has 4 heteroatoms. The second-order valence-corrected chi connectivity index (χ2v) is 6.71. The Morgan fingerprint density at radius 1 is 0.893 bits per heavy atom. The van der Waals surface area contributed by atoms with Gasteiger partial charge in [-0.2, -0.15) is 0 Å². The zero-order chi connectivity index (χ0) is 19.3. The van der Waals surface area contributed by atoms with Crippen LogP contribution in [0.3, 0.4) is 0 Å². The number of imidazole rings is 1. The largest absolute Gasteiger partial charge is 0.348 e. The standard InChI is InChI=1S/C24H21N3O/c1-18-16-27(17-26-18)23-13-7-19(8-14-23)15-25-24(28)22-11-9-21(10-12-22)20-5-3-2-4-6-20/h2-14,16-17H,15H2,1H3,(H,25,28). The Balaban J connectivity index is 1.37. The van der Waals surface area contributed by atoms with Crippen LogP contribution in [0, 0.1) is 6.92 Å². The molecule has 0 fully saturated rings. The van der Waals surface area contributed by atoms with Gasteiger partial charge in [0.25, 0.3) is 5.91 Å². The van der Waals surface area contributed by atoms with Crippen molar-refractivity contribution in [1.29, 1.82) is 0 Å². The molecule has 4 aromatic rings. The molecule has 138 valence electrons. The smallest absolute Gasteiger partial charge is 0.251 e. The van der Waals surface area contributed by atoms with Crippen LogP contribution in [0.2, 0.25) is 0 Å². The molecule has 0 spiro atoms. The Hall–Kier alpha value is -3.66. The molecule has 0 aliphatic rings. The van der Waals surface area contributed by atoms with Crippen LogP contribution in [0.25, 0.3) is 16.8 Å². The number of hydrogen-bond acceptors (Lipinski definition) is 2. The number of nitrogens with zero attached hydrogens (tertiary/aromatic N) is 2. The monoisotopic (exact) mass is 367 g/mol. The summed E-state index contributed by atoms with van der Waals surface area (Å²) in [6, 6.07) is 25.9. The molecule has 0 saturated carbocycles. The van der Waals surface area contributed by atoms with E-state index >= 15 is 0 Å². The van der Waals surface area contributed by atoms with Crippen molar-refractivity contribution in [2.75, 3.05) is 0 Å². The number of carbonyl (C=O) groups is 1. The molecule has 4 rings (SSSR count). The molecule has 0 aliphatic heterocycles. The summed E-state index contributed by atoms with van der Waals surface area (Å²) in [7, 11) is 0. The molecule has 0 bridgehead atoms. The Bertz CT molecular complexity index is 1070. The minimum absolute atomic E-state index is 0.0751. The van der Waals surface area contributed by atoms with Gasteiger partial charge in [0.2, 0.25) is 0 Å². The van der Waals surface area contributed by atoms with Crippen LogP contribution in [0.15, 0.2) is 91.4 Å². The van der Waals surface area contributed by atoms with Crippen LogP contribution in [-0.2, 0) is 6.54 Å². The van der Waals surface area contributed by atoms with E-state index < -0.39 is 0 Å². The molecule has 0 aliphatic carbocycles. The molecule has 0 unspecified atom stereocenters. The maximum absolute atomic E-state index is 12.4. The summed E-state index contributed by atoms with van der Waals surface area (Å²) in [5.41, 5.74) is 5.98. The first-order chi connectivity index (χ1) is 13.7. The summed E-state index contributed by atoms with van der Waals surface area (Å²) >= 11 is 0. The van der Waals surface area contributed by atoms with Gasteiger partial charge in [0.15, 0.2) is 0 Å². The second kappa shape index (κ2) is 7.92. The van der Waals surface area contributed by atoms with E-state index in [1.165, 1.54) is 0 Å². The molecule has 1 heterocycles. The van der Waals surface area contributed by atoms with Gasteiger partial charge in [0.05, 0.1) is 12.0 Å². The van der Waals surface area contributed by atoms with Crippen LogP contribution in [0.4, 0.5) is 0 Å². The number of nitrogens with one attached hydrogen (secondary N) is 1. The van der Waals surface area contributed by atoms with Gasteiger partial charge in [-0.1, -0.05) is 54.6 Å². The van der Waals surface area contributed by atoms with Crippen molar-refractivity contribution in [3.8, 4) is 16.8 Å². The minimum Gasteiger partial charge on any atom is -0.348 e. The van der Waals surface area contributed by atoms with Gasteiger partial charge in [-0.3, -0.25) is 4.79 Å². The summed E-state index contributed by atoms with van der Waals surface area (Å²) in [6.45, 7) is 2.45. The maximum Gasteiger partial charge on any atom is 0.251 e. The van der Waals surface area contributed by atoms with E-state index in [0.717, 1.165) is 28.1 Å². The summed E-state index contributed by atoms with van der Waals surface area (Å²) in [6.07, 6.45) is 3.78. The predicted octanol–water partition coefficient (Wildman–Crippen LogP) is 4.78.